The fourth-order valence-electron chi connectivity index (χ4n) is 4.28. The lowest BCUT2D eigenvalue weighted by atomic mass is 9.91. The predicted molar refractivity (Wildman–Crippen MR) is 153 cm³/mol. The van der Waals surface area contributed by atoms with E-state index in [-0.39, 0.29) is 28.7 Å². The van der Waals surface area contributed by atoms with Crippen molar-refractivity contribution in [3.05, 3.63) is 53.1 Å². The van der Waals surface area contributed by atoms with Crippen molar-refractivity contribution in [2.24, 2.45) is 9.36 Å². The number of benzene rings is 1. The van der Waals surface area contributed by atoms with Crippen molar-refractivity contribution in [3.8, 4) is 22.8 Å². The first-order valence-corrected chi connectivity index (χ1v) is 14.9. The zero-order chi connectivity index (χ0) is 32.0. The average Bonchev–Trinajstić information content (AvgIpc) is 3.36. The van der Waals surface area contributed by atoms with Gasteiger partial charge in [-0.3, -0.25) is 10.3 Å². The Morgan fingerprint density at radius 3 is 2.42 bits per heavy atom. The molecule has 0 unspecified atom stereocenters. The number of aliphatic imine (C=N–C) groups is 1. The summed E-state index contributed by atoms with van der Waals surface area (Å²) in [5.41, 5.74) is -2.21. The fourth-order valence-corrected chi connectivity index (χ4v) is 6.89. The maximum absolute atomic E-state index is 15.5. The monoisotopic (exact) mass is 644 g/mol. The molecule has 0 radical (unpaired) electrons. The number of rotatable bonds is 4. The first-order valence-electron chi connectivity index (χ1n) is 12.8. The number of amides is 1. The zero-order valence-electron chi connectivity index (χ0n) is 24.0. The van der Waals surface area contributed by atoms with Crippen molar-refractivity contribution < 1.29 is 35.8 Å². The minimum atomic E-state index is -4.76. The third kappa shape index (κ3) is 7.15. The Kier molecular flexibility index (Phi) is 8.39. The molecule has 1 aliphatic rings. The van der Waals surface area contributed by atoms with E-state index in [1.807, 2.05) is 0 Å². The van der Waals surface area contributed by atoms with Crippen molar-refractivity contribution in [2.45, 2.75) is 63.6 Å². The van der Waals surface area contributed by atoms with Crippen LogP contribution in [0.1, 0.15) is 47.1 Å². The van der Waals surface area contributed by atoms with Crippen LogP contribution in [-0.4, -0.2) is 60.1 Å². The molecule has 3 heterocycles. The van der Waals surface area contributed by atoms with Gasteiger partial charge in [0.15, 0.2) is 17.3 Å². The molecule has 16 heteroatoms. The van der Waals surface area contributed by atoms with Gasteiger partial charge in [0.2, 0.25) is 0 Å². The van der Waals surface area contributed by atoms with Crippen LogP contribution in [0.4, 0.5) is 22.4 Å². The number of carbonyl (C=O) groups excluding carboxylic acids is 1. The third-order valence-electron chi connectivity index (χ3n) is 6.47. The Morgan fingerprint density at radius 1 is 1.16 bits per heavy atom. The van der Waals surface area contributed by atoms with E-state index in [1.165, 1.54) is 51.4 Å². The molecule has 0 aliphatic carbocycles. The first-order chi connectivity index (χ1) is 19.7. The highest BCUT2D eigenvalue weighted by molar-refractivity contribution is 7.95. The van der Waals surface area contributed by atoms with Gasteiger partial charge < -0.3 is 9.26 Å². The Hall–Kier alpha value is -3.59. The van der Waals surface area contributed by atoms with E-state index in [1.54, 1.807) is 20.8 Å². The molecule has 2 atom stereocenters. The predicted octanol–water partition coefficient (Wildman–Crippen LogP) is 6.55. The number of nitrogens with one attached hydrogen (secondary N) is 1. The summed E-state index contributed by atoms with van der Waals surface area (Å²) in [4.78, 5) is 25.4. The van der Waals surface area contributed by atoms with Crippen LogP contribution in [0.5, 0.6) is 0 Å². The number of amidine groups is 1. The number of ether oxygens (including phenoxy) is 1. The number of nitrogens with zero attached hydrogens (tertiary/aromatic N) is 5. The normalized spacial score (nSPS) is 22.1. The average molecular weight is 645 g/mol. The second kappa shape index (κ2) is 11.2. The largest absolute Gasteiger partial charge is 0.444 e. The minimum Gasteiger partial charge on any atom is -0.444 e. The van der Waals surface area contributed by atoms with Gasteiger partial charge in [0, 0.05) is 29.6 Å². The van der Waals surface area contributed by atoms with Crippen molar-refractivity contribution in [1.82, 2.24) is 20.4 Å². The van der Waals surface area contributed by atoms with Gasteiger partial charge in [0.1, 0.15) is 34.1 Å². The third-order valence-corrected chi connectivity index (χ3v) is 9.95. The molecular weight excluding hydrogens is 616 g/mol. The zero-order valence-corrected chi connectivity index (χ0v) is 25.6. The molecule has 0 saturated carbocycles. The van der Waals surface area contributed by atoms with Crippen LogP contribution in [0, 0.1) is 5.82 Å². The number of halogens is 5. The summed E-state index contributed by atoms with van der Waals surface area (Å²) in [6, 6.07) is 5.38. The van der Waals surface area contributed by atoms with Crippen LogP contribution in [0.15, 0.2) is 50.5 Å². The number of alkyl carbamates (subject to hydrolysis) is 1. The van der Waals surface area contributed by atoms with Crippen molar-refractivity contribution >= 4 is 33.3 Å². The Balaban J connectivity index is 1.83. The maximum Gasteiger partial charge on any atom is 0.413 e. The van der Waals surface area contributed by atoms with E-state index in [0.717, 1.165) is 6.07 Å². The number of hydrogen-bond acceptors (Lipinski definition) is 9. The fraction of sp³-hybridized carbons (Fsp3) is 0.444. The molecule has 1 aliphatic heterocycles. The quantitative estimate of drug-likeness (QED) is 0.319. The molecule has 1 amide bonds. The van der Waals surface area contributed by atoms with Gasteiger partial charge in [0.25, 0.3) is 0 Å². The molecule has 43 heavy (non-hydrogen) atoms. The van der Waals surface area contributed by atoms with Crippen molar-refractivity contribution in [1.29, 1.82) is 0 Å². The molecule has 10 nitrogen and oxygen atoms in total. The van der Waals surface area contributed by atoms with Gasteiger partial charge in [-0.15, -0.1) is 0 Å². The summed E-state index contributed by atoms with van der Waals surface area (Å²) in [6.45, 7) is 7.24. The van der Waals surface area contributed by atoms with Gasteiger partial charge in [-0.2, -0.15) is 13.2 Å². The summed E-state index contributed by atoms with van der Waals surface area (Å²) in [6.07, 6.45) is -2.98. The van der Waals surface area contributed by atoms with Crippen LogP contribution >= 0.6 is 11.6 Å². The Bertz CT molecular complexity index is 1690. The van der Waals surface area contributed by atoms with Crippen LogP contribution in [0.25, 0.3) is 22.8 Å². The van der Waals surface area contributed by atoms with E-state index in [4.69, 9.17) is 20.9 Å². The van der Waals surface area contributed by atoms with Gasteiger partial charge in [-0.05, 0) is 59.7 Å². The lowest BCUT2D eigenvalue weighted by molar-refractivity contribution is -0.117. The van der Waals surface area contributed by atoms with E-state index >= 15 is 4.39 Å². The van der Waals surface area contributed by atoms with Crippen LogP contribution < -0.4 is 5.32 Å². The summed E-state index contributed by atoms with van der Waals surface area (Å²) in [7, 11) is -3.85. The van der Waals surface area contributed by atoms with E-state index in [2.05, 4.69) is 29.8 Å². The highest BCUT2D eigenvalue weighted by Gasteiger charge is 2.50. The first kappa shape index (κ1) is 32.3. The minimum absolute atomic E-state index is 0.125. The van der Waals surface area contributed by atoms with Gasteiger partial charge in [-0.1, -0.05) is 16.8 Å². The van der Waals surface area contributed by atoms with Crippen LogP contribution in [-0.2, 0) is 20.0 Å². The van der Waals surface area contributed by atoms with Crippen LogP contribution in [0.3, 0.4) is 0 Å². The van der Waals surface area contributed by atoms with Crippen molar-refractivity contribution in [2.75, 3.05) is 12.3 Å². The smallest absolute Gasteiger partial charge is 0.413 e. The Labute approximate surface area is 250 Å². The Morgan fingerprint density at radius 2 is 1.81 bits per heavy atom. The van der Waals surface area contributed by atoms with E-state index in [0.29, 0.717) is 10.6 Å². The molecular formula is C27H29ClF4N6O4S. The highest BCUT2D eigenvalue weighted by Crippen LogP contribution is 2.41. The second-order valence-electron chi connectivity index (χ2n) is 11.6. The number of carbonyl (C=O) groups is 1. The summed E-state index contributed by atoms with van der Waals surface area (Å²) >= 11 is 5.84. The van der Waals surface area contributed by atoms with Gasteiger partial charge in [0.05, 0.1) is 20.5 Å². The second-order valence-corrected chi connectivity index (χ2v) is 14.8. The lowest BCUT2D eigenvalue weighted by Gasteiger charge is -2.42. The topological polar surface area (TPSA) is 132 Å². The van der Waals surface area contributed by atoms with Crippen molar-refractivity contribution in [3.63, 3.8) is 0 Å². The van der Waals surface area contributed by atoms with E-state index < -0.39 is 56.0 Å². The molecule has 3 aromatic rings. The molecule has 0 spiro atoms. The molecule has 0 saturated heterocycles. The SMILES string of the molecule is CC(C)(C)OC(=O)NC1=N[C@](C)(c2cc(-c3cc(-c4ncc(Cl)cn4)no3)ccc2F)C[S@@](=O)(=NCC(F)(F)F)C1(C)C. The highest BCUT2D eigenvalue weighted by atomic mass is 35.5. The van der Waals surface area contributed by atoms with E-state index in [9.17, 15) is 22.2 Å². The molecule has 2 aromatic heterocycles. The molecule has 232 valence electrons. The number of aromatic nitrogens is 3. The standard InChI is InChI=1S/C27H29ClF4N6O4S/c1-24(2,3)41-23(39)36-22-25(4,5)43(40,35-13-27(30,31)32)14-26(6,37-22)17-9-15(7-8-18(17)29)20-10-19(38-42-20)21-33-11-16(28)12-34-21/h7-12H,13-14H2,1-6H3,(H,36,37,39)/t26-,43-/m0/s1. The number of hydrogen-bond donors (Lipinski definition) is 1. The maximum atomic E-state index is 15.5. The number of alkyl halides is 3. The van der Waals surface area contributed by atoms with Gasteiger partial charge in [-0.25, -0.2) is 27.7 Å². The molecule has 4 rings (SSSR count). The lowest BCUT2D eigenvalue weighted by Crippen LogP contribution is -2.58. The molecule has 1 aromatic carbocycles. The molecule has 1 N–H and O–H groups in total. The van der Waals surface area contributed by atoms with Crippen LogP contribution in [0.2, 0.25) is 5.02 Å². The van der Waals surface area contributed by atoms with Gasteiger partial charge >= 0.3 is 12.3 Å². The summed E-state index contributed by atoms with van der Waals surface area (Å²) in [5, 5.41) is 6.69. The summed E-state index contributed by atoms with van der Waals surface area (Å²) in [5.74, 6) is -1.23. The molecule has 0 bridgehead atoms. The summed E-state index contributed by atoms with van der Waals surface area (Å²) < 4.78 is 82.2. The molecule has 0 fully saturated rings.